The van der Waals surface area contributed by atoms with Crippen molar-refractivity contribution in [1.82, 2.24) is 14.8 Å². The Morgan fingerprint density at radius 2 is 2.15 bits per heavy atom. The number of anilines is 1. The molecule has 1 aliphatic rings. The van der Waals surface area contributed by atoms with E-state index < -0.39 is 0 Å². The Bertz CT molecular complexity index is 918. The van der Waals surface area contributed by atoms with E-state index in [-0.39, 0.29) is 22.6 Å². The predicted octanol–water partition coefficient (Wildman–Crippen LogP) is 2.64. The molecule has 27 heavy (non-hydrogen) atoms. The number of thioether (sulfide) groups is 1. The quantitative estimate of drug-likeness (QED) is 0.582. The maximum Gasteiger partial charge on any atom is 0.343 e. The molecule has 3 rings (SSSR count). The number of rotatable bonds is 7. The third-order valence-electron chi connectivity index (χ3n) is 4.75. The summed E-state index contributed by atoms with van der Waals surface area (Å²) >= 11 is 1.29. The average Bonchev–Trinajstić information content (AvgIpc) is 3.22. The number of ketones is 1. The monoisotopic (exact) mass is 388 g/mol. The first-order valence-corrected chi connectivity index (χ1v) is 10.1. The van der Waals surface area contributed by atoms with Crippen LogP contribution in [0.3, 0.4) is 0 Å². The molecule has 1 atom stereocenters. The predicted molar refractivity (Wildman–Crippen MR) is 106 cm³/mol. The minimum absolute atomic E-state index is 0.0124. The number of unbranched alkanes of at least 4 members (excludes halogenated alkanes) is 1. The summed E-state index contributed by atoms with van der Waals surface area (Å²) in [6, 6.07) is 5.50. The van der Waals surface area contributed by atoms with Gasteiger partial charge in [-0.3, -0.25) is 14.2 Å². The summed E-state index contributed by atoms with van der Waals surface area (Å²) in [5.74, 6) is 0.00176. The van der Waals surface area contributed by atoms with Gasteiger partial charge in [0.05, 0.1) is 5.25 Å². The number of benzene rings is 1. The van der Waals surface area contributed by atoms with Crippen LogP contribution in [0.15, 0.2) is 28.2 Å². The van der Waals surface area contributed by atoms with E-state index in [1.807, 2.05) is 19.1 Å². The molecule has 0 spiro atoms. The van der Waals surface area contributed by atoms with Crippen LogP contribution in [0.1, 0.15) is 49.5 Å². The molecule has 0 saturated heterocycles. The molecule has 1 amide bonds. The van der Waals surface area contributed by atoms with Gasteiger partial charge in [-0.05, 0) is 43.5 Å². The number of carbonyl (C=O) groups excluding carboxylic acids is 2. The van der Waals surface area contributed by atoms with Crippen molar-refractivity contribution in [2.45, 2.75) is 57.0 Å². The lowest BCUT2D eigenvalue weighted by Crippen LogP contribution is -2.25. The summed E-state index contributed by atoms with van der Waals surface area (Å²) in [4.78, 5) is 38.2. The second-order valence-electron chi connectivity index (χ2n) is 6.71. The summed E-state index contributed by atoms with van der Waals surface area (Å²) in [6.07, 6.45) is 2.61. The van der Waals surface area contributed by atoms with Crippen LogP contribution >= 0.6 is 11.8 Å². The second kappa shape index (κ2) is 8.12. The summed E-state index contributed by atoms with van der Waals surface area (Å²) in [5.41, 5.74) is 2.29. The van der Waals surface area contributed by atoms with Crippen LogP contribution in [-0.4, -0.2) is 38.2 Å². The number of carbonyl (C=O) groups is 2. The molecule has 0 aliphatic carbocycles. The largest absolute Gasteiger partial charge is 0.343 e. The average molecular weight is 388 g/mol. The lowest BCUT2D eigenvalue weighted by molar-refractivity contribution is -0.116. The highest BCUT2D eigenvalue weighted by Gasteiger charge is 2.25. The highest BCUT2D eigenvalue weighted by molar-refractivity contribution is 8.00. The molecule has 2 heterocycles. The molecule has 1 N–H and O–H groups in total. The van der Waals surface area contributed by atoms with Gasteiger partial charge in [-0.1, -0.05) is 25.1 Å². The van der Waals surface area contributed by atoms with Gasteiger partial charge in [0.25, 0.3) is 0 Å². The van der Waals surface area contributed by atoms with Gasteiger partial charge in [0.15, 0.2) is 10.9 Å². The Balaban J connectivity index is 1.75. The molecule has 144 valence electrons. The number of nitrogens with one attached hydrogen (secondary N) is 1. The minimum atomic E-state index is -0.371. The molecule has 7 nitrogen and oxygen atoms in total. The van der Waals surface area contributed by atoms with Gasteiger partial charge in [-0.15, -0.1) is 5.10 Å². The van der Waals surface area contributed by atoms with Gasteiger partial charge in [0, 0.05) is 31.3 Å². The van der Waals surface area contributed by atoms with Crippen LogP contribution in [0.5, 0.6) is 0 Å². The summed E-state index contributed by atoms with van der Waals surface area (Å²) < 4.78 is 1.59. The number of aromatic amines is 1. The van der Waals surface area contributed by atoms with Gasteiger partial charge in [0.2, 0.25) is 5.91 Å². The number of hydrogen-bond donors (Lipinski definition) is 1. The van der Waals surface area contributed by atoms with Crippen LogP contribution in [0.25, 0.3) is 0 Å². The topological polar surface area (TPSA) is 88.1 Å². The lowest BCUT2D eigenvalue weighted by atomic mass is 10.0. The summed E-state index contributed by atoms with van der Waals surface area (Å²) in [5, 5.41) is 6.70. The zero-order valence-corrected chi connectivity index (χ0v) is 16.6. The first-order chi connectivity index (χ1) is 12.9. The normalized spacial score (nSPS) is 14.3. The maximum atomic E-state index is 12.9. The van der Waals surface area contributed by atoms with Gasteiger partial charge < -0.3 is 4.90 Å². The molecule has 0 bridgehead atoms. The Morgan fingerprint density at radius 3 is 2.85 bits per heavy atom. The maximum absolute atomic E-state index is 12.9. The smallest absolute Gasteiger partial charge is 0.312 e. The van der Waals surface area contributed by atoms with Crippen molar-refractivity contribution in [1.29, 1.82) is 0 Å². The Hall–Kier alpha value is -2.35. The zero-order valence-electron chi connectivity index (χ0n) is 15.8. The fourth-order valence-corrected chi connectivity index (χ4v) is 4.19. The molecule has 0 saturated carbocycles. The SMILES string of the molecule is CCCCn1c(SC(C)C(=O)c2ccc3c(c2)CCN3C(C)=O)n[nH]c1=O. The van der Waals surface area contributed by atoms with E-state index in [1.54, 1.807) is 22.5 Å². The highest BCUT2D eigenvalue weighted by Crippen LogP contribution is 2.30. The van der Waals surface area contributed by atoms with Crippen molar-refractivity contribution in [2.24, 2.45) is 0 Å². The van der Waals surface area contributed by atoms with E-state index in [0.717, 1.165) is 30.5 Å². The molecule has 1 unspecified atom stereocenters. The molecule has 1 aromatic heterocycles. The third-order valence-corrected chi connectivity index (χ3v) is 5.84. The highest BCUT2D eigenvalue weighted by atomic mass is 32.2. The zero-order chi connectivity index (χ0) is 19.6. The van der Waals surface area contributed by atoms with Crippen LogP contribution in [-0.2, 0) is 17.8 Å². The lowest BCUT2D eigenvalue weighted by Gasteiger charge is -2.15. The number of Topliss-reactive ketones (excluding diaryl/α,β-unsaturated/α-hetero) is 1. The molecule has 1 aromatic carbocycles. The number of hydrogen-bond acceptors (Lipinski definition) is 5. The van der Waals surface area contributed by atoms with Crippen LogP contribution in [0.2, 0.25) is 0 Å². The fraction of sp³-hybridized carbons (Fsp3) is 0.474. The van der Waals surface area contributed by atoms with Crippen LogP contribution in [0, 0.1) is 0 Å². The Morgan fingerprint density at radius 1 is 1.37 bits per heavy atom. The van der Waals surface area contributed by atoms with Gasteiger partial charge >= 0.3 is 5.69 Å². The van der Waals surface area contributed by atoms with Crippen LogP contribution in [0.4, 0.5) is 5.69 Å². The standard InChI is InChI=1S/C19H24N4O3S/c1-4-5-9-23-18(26)20-21-19(23)27-12(2)17(25)15-6-7-16-14(11-15)8-10-22(16)13(3)24/h6-7,11-12H,4-5,8-10H2,1-3H3,(H,20,26). The van der Waals surface area contributed by atoms with Crippen molar-refractivity contribution in [3.63, 3.8) is 0 Å². The number of amides is 1. The molecular formula is C19H24N4O3S. The van der Waals surface area contributed by atoms with E-state index in [2.05, 4.69) is 17.1 Å². The number of fused-ring (bicyclic) bond motifs is 1. The summed E-state index contributed by atoms with van der Waals surface area (Å²) in [6.45, 7) is 6.68. The summed E-state index contributed by atoms with van der Waals surface area (Å²) in [7, 11) is 0. The van der Waals surface area contributed by atoms with Crippen molar-refractivity contribution in [2.75, 3.05) is 11.4 Å². The molecule has 0 fully saturated rings. The van der Waals surface area contributed by atoms with Crippen molar-refractivity contribution in [3.8, 4) is 0 Å². The van der Waals surface area contributed by atoms with Crippen molar-refractivity contribution in [3.05, 3.63) is 39.8 Å². The number of aromatic nitrogens is 3. The van der Waals surface area contributed by atoms with Crippen LogP contribution < -0.4 is 10.6 Å². The molecule has 8 heteroatoms. The number of nitrogens with zero attached hydrogens (tertiary/aromatic N) is 3. The third kappa shape index (κ3) is 4.00. The number of H-pyrrole nitrogens is 1. The Kier molecular flexibility index (Phi) is 5.84. The second-order valence-corrected chi connectivity index (χ2v) is 8.01. The van der Waals surface area contributed by atoms with E-state index in [1.165, 1.54) is 11.8 Å². The van der Waals surface area contributed by atoms with E-state index in [0.29, 0.717) is 23.8 Å². The van der Waals surface area contributed by atoms with E-state index in [9.17, 15) is 14.4 Å². The molecular weight excluding hydrogens is 364 g/mol. The molecule has 0 radical (unpaired) electrons. The first kappa shape index (κ1) is 19.4. The molecule has 2 aromatic rings. The molecule has 1 aliphatic heterocycles. The van der Waals surface area contributed by atoms with Gasteiger partial charge in [0.1, 0.15) is 0 Å². The fourth-order valence-electron chi connectivity index (χ4n) is 3.24. The van der Waals surface area contributed by atoms with Gasteiger partial charge in [-0.25, -0.2) is 9.89 Å². The van der Waals surface area contributed by atoms with Crippen molar-refractivity contribution >= 4 is 29.1 Å². The minimum Gasteiger partial charge on any atom is -0.312 e. The van der Waals surface area contributed by atoms with Gasteiger partial charge in [-0.2, -0.15) is 0 Å². The van der Waals surface area contributed by atoms with Crippen molar-refractivity contribution < 1.29 is 9.59 Å². The van der Waals surface area contributed by atoms with E-state index in [4.69, 9.17) is 0 Å². The van der Waals surface area contributed by atoms with E-state index >= 15 is 0 Å². The first-order valence-electron chi connectivity index (χ1n) is 9.19. The Labute approximate surface area is 162 Å².